The lowest BCUT2D eigenvalue weighted by Gasteiger charge is -2.37. The predicted molar refractivity (Wildman–Crippen MR) is 140 cm³/mol. The lowest BCUT2D eigenvalue weighted by Crippen LogP contribution is -2.50. The van der Waals surface area contributed by atoms with Crippen molar-refractivity contribution in [3.63, 3.8) is 0 Å². The Morgan fingerprint density at radius 2 is 1.78 bits per heavy atom. The first-order valence-electron chi connectivity index (χ1n) is 13.6. The summed E-state index contributed by atoms with van der Waals surface area (Å²) in [4.78, 5) is 32.4. The highest BCUT2D eigenvalue weighted by molar-refractivity contribution is 5.94. The molecule has 1 N–H and O–H groups in total. The van der Waals surface area contributed by atoms with Gasteiger partial charge < -0.3 is 19.8 Å². The number of halogens is 1. The second-order valence-electron chi connectivity index (χ2n) is 10.7. The number of alkyl halides is 1. The number of aromatic nitrogens is 2. The number of rotatable bonds is 4. The average Bonchev–Trinajstić information content (AvgIpc) is 3.06. The molecule has 5 rings (SSSR count). The molecule has 37 heavy (non-hydrogen) atoms. The fourth-order valence-electron chi connectivity index (χ4n) is 5.88. The summed E-state index contributed by atoms with van der Waals surface area (Å²) in [5.41, 5.74) is 6.01. The summed E-state index contributed by atoms with van der Waals surface area (Å²) in [6, 6.07) is 6.35. The number of aliphatic hydroxyl groups excluding tert-OH is 1. The van der Waals surface area contributed by atoms with Crippen LogP contribution in [-0.2, 0) is 24.2 Å². The van der Waals surface area contributed by atoms with Crippen LogP contribution in [0, 0.1) is 13.8 Å². The maximum absolute atomic E-state index is 14.1. The standard InChI is InChI=1S/C28H38FN5O3/c1-19-7-6-10-23(20(19)2)31-13-15-32(16-14-31)26(36)18-34-24-9-5-3-4-8-21(24)27(30-34)28(37)33-12-11-25(35)22(29)17-33/h6-7,10,22,25,35H,3-5,8-9,11-18H2,1-2H3. The summed E-state index contributed by atoms with van der Waals surface area (Å²) in [7, 11) is 0. The van der Waals surface area contributed by atoms with Crippen molar-refractivity contribution in [3.8, 4) is 0 Å². The molecule has 2 saturated heterocycles. The Morgan fingerprint density at radius 3 is 2.54 bits per heavy atom. The molecule has 3 aliphatic rings. The topological polar surface area (TPSA) is 81.9 Å². The second kappa shape index (κ2) is 10.8. The quantitative estimate of drug-likeness (QED) is 0.639. The SMILES string of the molecule is Cc1cccc(N2CCN(C(=O)Cn3nc(C(=O)N4CCC(O)C(F)C4)c4c3CCCCC4)CC2)c1C. The number of amides is 2. The molecule has 2 unspecified atom stereocenters. The van der Waals surface area contributed by atoms with Gasteiger partial charge in [0.15, 0.2) is 5.69 Å². The van der Waals surface area contributed by atoms with Gasteiger partial charge in [0, 0.05) is 49.7 Å². The molecule has 1 aliphatic carbocycles. The zero-order valence-corrected chi connectivity index (χ0v) is 22.0. The number of hydrogen-bond donors (Lipinski definition) is 1. The van der Waals surface area contributed by atoms with Crippen LogP contribution in [-0.4, -0.2) is 88.0 Å². The van der Waals surface area contributed by atoms with Crippen LogP contribution in [0.3, 0.4) is 0 Å². The molecule has 0 radical (unpaired) electrons. The van der Waals surface area contributed by atoms with E-state index in [4.69, 9.17) is 0 Å². The van der Waals surface area contributed by atoms with Crippen LogP contribution < -0.4 is 4.90 Å². The molecule has 1 aromatic heterocycles. The minimum Gasteiger partial charge on any atom is -0.390 e. The molecule has 9 heteroatoms. The number of hydrogen-bond acceptors (Lipinski definition) is 5. The Bertz CT molecular complexity index is 1160. The molecule has 0 bridgehead atoms. The van der Waals surface area contributed by atoms with E-state index in [1.54, 1.807) is 4.68 Å². The van der Waals surface area contributed by atoms with Gasteiger partial charge in [0.1, 0.15) is 12.7 Å². The highest BCUT2D eigenvalue weighted by Gasteiger charge is 2.34. The first-order chi connectivity index (χ1) is 17.8. The number of fused-ring (bicyclic) bond motifs is 1. The summed E-state index contributed by atoms with van der Waals surface area (Å²) in [5.74, 6) is -0.278. The highest BCUT2D eigenvalue weighted by Crippen LogP contribution is 2.27. The summed E-state index contributed by atoms with van der Waals surface area (Å²) < 4.78 is 15.9. The van der Waals surface area contributed by atoms with E-state index in [0.717, 1.165) is 56.5 Å². The summed E-state index contributed by atoms with van der Waals surface area (Å²) in [5, 5.41) is 14.4. The van der Waals surface area contributed by atoms with Gasteiger partial charge in [-0.15, -0.1) is 0 Å². The Hall–Kier alpha value is -2.94. The molecule has 8 nitrogen and oxygen atoms in total. The Labute approximate surface area is 218 Å². The Balaban J connectivity index is 1.29. The van der Waals surface area contributed by atoms with Gasteiger partial charge in [-0.25, -0.2) is 4.39 Å². The monoisotopic (exact) mass is 511 g/mol. The third kappa shape index (κ3) is 5.23. The molecular formula is C28H38FN5O3. The number of aryl methyl sites for hydroxylation is 1. The lowest BCUT2D eigenvalue weighted by molar-refractivity contribution is -0.132. The normalized spacial score (nSPS) is 22.5. The second-order valence-corrected chi connectivity index (χ2v) is 10.7. The lowest BCUT2D eigenvalue weighted by atomic mass is 10.0. The smallest absolute Gasteiger partial charge is 0.274 e. The minimum atomic E-state index is -1.44. The molecular weight excluding hydrogens is 473 g/mol. The fourth-order valence-corrected chi connectivity index (χ4v) is 5.88. The molecule has 3 heterocycles. The van der Waals surface area contributed by atoms with E-state index in [2.05, 4.69) is 42.0 Å². The summed E-state index contributed by atoms with van der Waals surface area (Å²) in [6.07, 6.45) is 2.33. The maximum atomic E-state index is 14.1. The van der Waals surface area contributed by atoms with Crippen molar-refractivity contribution in [1.82, 2.24) is 19.6 Å². The van der Waals surface area contributed by atoms with E-state index in [1.165, 1.54) is 21.7 Å². The molecule has 2 aromatic rings. The van der Waals surface area contributed by atoms with Crippen molar-refractivity contribution in [2.75, 3.05) is 44.2 Å². The van der Waals surface area contributed by atoms with Crippen molar-refractivity contribution < 1.29 is 19.1 Å². The zero-order valence-electron chi connectivity index (χ0n) is 22.0. The number of benzene rings is 1. The van der Waals surface area contributed by atoms with E-state index in [1.807, 2.05) is 4.90 Å². The number of carbonyl (C=O) groups excluding carboxylic acids is 2. The van der Waals surface area contributed by atoms with E-state index < -0.39 is 12.3 Å². The van der Waals surface area contributed by atoms with Gasteiger partial charge >= 0.3 is 0 Å². The number of piperazine rings is 1. The van der Waals surface area contributed by atoms with Crippen molar-refractivity contribution in [1.29, 1.82) is 0 Å². The van der Waals surface area contributed by atoms with Crippen LogP contribution in [0.2, 0.25) is 0 Å². The van der Waals surface area contributed by atoms with Crippen LogP contribution in [0.1, 0.15) is 58.6 Å². The first kappa shape index (κ1) is 25.7. The van der Waals surface area contributed by atoms with Crippen LogP contribution in [0.5, 0.6) is 0 Å². The van der Waals surface area contributed by atoms with Crippen molar-refractivity contribution in [2.45, 2.75) is 71.2 Å². The molecule has 2 fully saturated rings. The van der Waals surface area contributed by atoms with Crippen LogP contribution in [0.4, 0.5) is 10.1 Å². The molecule has 2 atom stereocenters. The van der Waals surface area contributed by atoms with E-state index in [-0.39, 0.29) is 31.3 Å². The predicted octanol–water partition coefficient (Wildman–Crippen LogP) is 2.66. The van der Waals surface area contributed by atoms with Crippen LogP contribution >= 0.6 is 0 Å². The largest absolute Gasteiger partial charge is 0.390 e. The number of likely N-dealkylation sites (tertiary alicyclic amines) is 1. The van der Waals surface area contributed by atoms with Gasteiger partial charge in [-0.2, -0.15) is 5.10 Å². The number of piperidine rings is 1. The van der Waals surface area contributed by atoms with Crippen LogP contribution in [0.15, 0.2) is 18.2 Å². The van der Waals surface area contributed by atoms with E-state index in [9.17, 15) is 19.1 Å². The highest BCUT2D eigenvalue weighted by atomic mass is 19.1. The number of anilines is 1. The van der Waals surface area contributed by atoms with Gasteiger partial charge in [-0.05, 0) is 63.1 Å². The maximum Gasteiger partial charge on any atom is 0.274 e. The van der Waals surface area contributed by atoms with E-state index >= 15 is 0 Å². The molecule has 2 amide bonds. The fraction of sp³-hybridized carbons (Fsp3) is 0.607. The van der Waals surface area contributed by atoms with Gasteiger partial charge in [-0.3, -0.25) is 14.3 Å². The van der Waals surface area contributed by atoms with Gasteiger partial charge in [-0.1, -0.05) is 18.6 Å². The van der Waals surface area contributed by atoms with E-state index in [0.29, 0.717) is 25.3 Å². The van der Waals surface area contributed by atoms with Crippen LogP contribution in [0.25, 0.3) is 0 Å². The number of carbonyl (C=O) groups is 2. The molecule has 2 aliphatic heterocycles. The molecule has 200 valence electrons. The number of nitrogens with zero attached hydrogens (tertiary/aromatic N) is 5. The molecule has 0 saturated carbocycles. The van der Waals surface area contributed by atoms with Gasteiger partial charge in [0.25, 0.3) is 5.91 Å². The molecule has 1 aromatic carbocycles. The van der Waals surface area contributed by atoms with Crippen molar-refractivity contribution in [3.05, 3.63) is 46.3 Å². The van der Waals surface area contributed by atoms with Crippen molar-refractivity contribution >= 4 is 17.5 Å². The Morgan fingerprint density at radius 1 is 1.03 bits per heavy atom. The summed E-state index contributed by atoms with van der Waals surface area (Å²) in [6.45, 7) is 7.43. The van der Waals surface area contributed by atoms with Gasteiger partial charge in [0.2, 0.25) is 5.91 Å². The third-order valence-electron chi connectivity index (χ3n) is 8.34. The third-order valence-corrected chi connectivity index (χ3v) is 8.34. The average molecular weight is 512 g/mol. The minimum absolute atomic E-state index is 0.0130. The van der Waals surface area contributed by atoms with Gasteiger partial charge in [0.05, 0.1) is 12.6 Å². The Kier molecular flexibility index (Phi) is 7.51. The van der Waals surface area contributed by atoms with Crippen molar-refractivity contribution in [2.24, 2.45) is 0 Å². The molecule has 0 spiro atoms. The number of aliphatic hydroxyl groups is 1. The first-order valence-corrected chi connectivity index (χ1v) is 13.6. The summed E-state index contributed by atoms with van der Waals surface area (Å²) >= 11 is 0. The zero-order chi connectivity index (χ0) is 26.1.